The fourth-order valence-corrected chi connectivity index (χ4v) is 9.41. The van der Waals surface area contributed by atoms with Crippen LogP contribution in [0.5, 0.6) is 0 Å². The number of carbonyl (C=O) groups excluding carboxylic acids is 4. The molecule has 0 spiro atoms. The van der Waals surface area contributed by atoms with E-state index in [1.165, 1.54) is 128 Å². The molecule has 0 rings (SSSR count). The molecule has 0 aliphatic carbocycles. The molecule has 0 aliphatic heterocycles. The van der Waals surface area contributed by atoms with E-state index in [0.29, 0.717) is 56.0 Å². The number of phosphoric ester groups is 1. The van der Waals surface area contributed by atoms with Crippen molar-refractivity contribution in [2.24, 2.45) is 0 Å². The predicted molar refractivity (Wildman–Crippen MR) is 293 cm³/mol. The van der Waals surface area contributed by atoms with E-state index in [0.717, 1.165) is 70.6 Å². The van der Waals surface area contributed by atoms with E-state index >= 15 is 0 Å². The second kappa shape index (κ2) is 48.6. The summed E-state index contributed by atoms with van der Waals surface area (Å²) < 4.78 is 46.6. The maximum absolute atomic E-state index is 13.0. The second-order valence-corrected chi connectivity index (χ2v) is 23.1. The minimum Gasteiger partial charge on any atom is -0.462 e. The molecule has 0 saturated carbocycles. The maximum atomic E-state index is 13.0. The molecule has 0 aromatic rings. The summed E-state index contributed by atoms with van der Waals surface area (Å²) in [5.74, 6) is -1.30. The van der Waals surface area contributed by atoms with Crippen LogP contribution in [-0.2, 0) is 51.7 Å². The van der Waals surface area contributed by atoms with Crippen molar-refractivity contribution in [2.45, 2.75) is 303 Å². The van der Waals surface area contributed by atoms with E-state index in [2.05, 4.69) is 27.7 Å². The Hall–Kier alpha value is -2.05. The van der Waals surface area contributed by atoms with E-state index in [4.69, 9.17) is 28.0 Å². The van der Waals surface area contributed by atoms with Crippen molar-refractivity contribution in [2.75, 3.05) is 47.5 Å². The zero-order valence-electron chi connectivity index (χ0n) is 47.7. The lowest BCUT2D eigenvalue weighted by Gasteiger charge is -2.24. The molecule has 13 nitrogen and oxygen atoms in total. The van der Waals surface area contributed by atoms with E-state index in [9.17, 15) is 28.6 Å². The largest absolute Gasteiger partial charge is 0.472 e. The van der Waals surface area contributed by atoms with Gasteiger partial charge in [-0.15, -0.1) is 0 Å². The summed E-state index contributed by atoms with van der Waals surface area (Å²) in [5, 5.41) is 0. The van der Waals surface area contributed by atoms with Gasteiger partial charge in [-0.3, -0.25) is 28.2 Å². The Morgan fingerprint density at radius 1 is 0.389 bits per heavy atom. The summed E-state index contributed by atoms with van der Waals surface area (Å²) in [6, 6.07) is 0. The Labute approximate surface area is 441 Å². The molecule has 1 unspecified atom stereocenters. The molecule has 0 aliphatic rings. The first-order valence-corrected chi connectivity index (χ1v) is 31.3. The summed E-state index contributed by atoms with van der Waals surface area (Å²) >= 11 is 0. The highest BCUT2D eigenvalue weighted by molar-refractivity contribution is 7.47. The molecule has 0 heterocycles. The van der Waals surface area contributed by atoms with Gasteiger partial charge in [-0.2, -0.15) is 0 Å². The SMILES string of the molecule is CCCCCCCCC(CCCCCCCC)OC(=O)CCCCCCC(=O)OC[C@H](COP(=O)(O)OCC[N+](C)(C)C)OC(=O)CCCCCCC(=O)OC(CCCCCCCC)CCCCCCCC. The van der Waals surface area contributed by atoms with Crippen LogP contribution in [0.15, 0.2) is 0 Å². The molecule has 0 aromatic carbocycles. The van der Waals surface area contributed by atoms with Gasteiger partial charge in [-0.05, 0) is 77.0 Å². The number of rotatable bonds is 54. The van der Waals surface area contributed by atoms with Crippen LogP contribution in [0.2, 0.25) is 0 Å². The summed E-state index contributed by atoms with van der Waals surface area (Å²) in [6.07, 6.45) is 38.2. The number of likely N-dealkylation sites (N-methyl/N-ethyl adjacent to an activating group) is 1. The number of unbranched alkanes of at least 4 members (excludes halogenated alkanes) is 26. The Bertz CT molecular complexity index is 1310. The first-order chi connectivity index (χ1) is 34.6. The number of hydrogen-bond acceptors (Lipinski definition) is 11. The normalized spacial score (nSPS) is 13.1. The average Bonchev–Trinajstić information content (AvgIpc) is 3.33. The highest BCUT2D eigenvalue weighted by Gasteiger charge is 2.27. The molecule has 2 atom stereocenters. The summed E-state index contributed by atoms with van der Waals surface area (Å²) in [5.41, 5.74) is 0. The van der Waals surface area contributed by atoms with Gasteiger partial charge >= 0.3 is 31.7 Å². The fraction of sp³-hybridized carbons (Fsp3) is 0.931. The number of hydrogen-bond donors (Lipinski definition) is 1. The van der Waals surface area contributed by atoms with Crippen LogP contribution in [0.1, 0.15) is 285 Å². The molecule has 426 valence electrons. The fourth-order valence-electron chi connectivity index (χ4n) is 8.67. The van der Waals surface area contributed by atoms with Gasteiger partial charge < -0.3 is 28.3 Å². The molecule has 0 amide bonds. The molecular weight excluding hydrogens is 934 g/mol. The minimum atomic E-state index is -4.47. The third-order valence-corrected chi connectivity index (χ3v) is 14.3. The van der Waals surface area contributed by atoms with E-state index in [1.54, 1.807) is 0 Å². The van der Waals surface area contributed by atoms with Crippen LogP contribution in [0.3, 0.4) is 0 Å². The number of phosphoric acid groups is 1. The van der Waals surface area contributed by atoms with Crippen molar-refractivity contribution >= 4 is 31.7 Å². The molecular formula is C58H113NO12P+. The number of carbonyl (C=O) groups is 4. The smallest absolute Gasteiger partial charge is 0.462 e. The topological polar surface area (TPSA) is 161 Å². The first-order valence-electron chi connectivity index (χ1n) is 29.8. The number of quaternary nitrogens is 1. The Morgan fingerprint density at radius 2 is 0.681 bits per heavy atom. The van der Waals surface area contributed by atoms with Gasteiger partial charge in [0.15, 0.2) is 6.10 Å². The van der Waals surface area contributed by atoms with Crippen LogP contribution >= 0.6 is 7.82 Å². The maximum Gasteiger partial charge on any atom is 0.472 e. The first kappa shape index (κ1) is 70.0. The lowest BCUT2D eigenvalue weighted by atomic mass is 10.0. The van der Waals surface area contributed by atoms with Crippen molar-refractivity contribution in [1.29, 1.82) is 0 Å². The monoisotopic (exact) mass is 1050 g/mol. The van der Waals surface area contributed by atoms with Crippen molar-refractivity contribution in [3.05, 3.63) is 0 Å². The van der Waals surface area contributed by atoms with Crippen LogP contribution in [-0.4, -0.2) is 99.1 Å². The highest BCUT2D eigenvalue weighted by atomic mass is 31.2. The van der Waals surface area contributed by atoms with Gasteiger partial charge in [0.2, 0.25) is 0 Å². The minimum absolute atomic E-state index is 0.00590. The summed E-state index contributed by atoms with van der Waals surface area (Å²) in [7, 11) is 1.31. The van der Waals surface area contributed by atoms with Crippen LogP contribution in [0.4, 0.5) is 0 Å². The van der Waals surface area contributed by atoms with Gasteiger partial charge in [0.1, 0.15) is 32.0 Å². The zero-order valence-corrected chi connectivity index (χ0v) is 48.6. The van der Waals surface area contributed by atoms with Gasteiger partial charge in [-0.25, -0.2) is 4.57 Å². The molecule has 14 heteroatoms. The lowest BCUT2D eigenvalue weighted by molar-refractivity contribution is -0.870. The molecule has 0 aromatic heterocycles. The number of ether oxygens (including phenoxy) is 4. The second-order valence-electron chi connectivity index (χ2n) is 21.7. The highest BCUT2D eigenvalue weighted by Crippen LogP contribution is 2.43. The average molecular weight is 1050 g/mol. The third-order valence-electron chi connectivity index (χ3n) is 13.3. The molecule has 0 saturated heterocycles. The third kappa shape index (κ3) is 48.9. The van der Waals surface area contributed by atoms with Crippen molar-refractivity contribution < 1.29 is 61.1 Å². The van der Waals surface area contributed by atoms with Crippen LogP contribution in [0, 0.1) is 0 Å². The Balaban J connectivity index is 4.92. The lowest BCUT2D eigenvalue weighted by Crippen LogP contribution is -2.37. The Morgan fingerprint density at radius 3 is 1.01 bits per heavy atom. The number of esters is 4. The van der Waals surface area contributed by atoms with E-state index < -0.39 is 32.5 Å². The molecule has 72 heavy (non-hydrogen) atoms. The number of nitrogens with zero attached hydrogens (tertiary/aromatic N) is 1. The summed E-state index contributed by atoms with van der Waals surface area (Å²) in [4.78, 5) is 61.7. The van der Waals surface area contributed by atoms with Crippen LogP contribution < -0.4 is 0 Å². The van der Waals surface area contributed by atoms with Gasteiger partial charge in [-0.1, -0.05) is 182 Å². The van der Waals surface area contributed by atoms with Crippen molar-refractivity contribution in [1.82, 2.24) is 0 Å². The molecule has 1 N–H and O–H groups in total. The van der Waals surface area contributed by atoms with Crippen molar-refractivity contribution in [3.63, 3.8) is 0 Å². The molecule has 0 fully saturated rings. The van der Waals surface area contributed by atoms with Crippen molar-refractivity contribution in [3.8, 4) is 0 Å². The zero-order chi connectivity index (χ0) is 53.4. The van der Waals surface area contributed by atoms with E-state index in [-0.39, 0.29) is 50.2 Å². The van der Waals surface area contributed by atoms with Gasteiger partial charge in [0, 0.05) is 25.7 Å². The quantitative estimate of drug-likeness (QED) is 0.0202. The van der Waals surface area contributed by atoms with Gasteiger partial charge in [0.25, 0.3) is 0 Å². The van der Waals surface area contributed by atoms with Gasteiger partial charge in [0.05, 0.1) is 27.7 Å². The predicted octanol–water partition coefficient (Wildman–Crippen LogP) is 15.8. The summed E-state index contributed by atoms with van der Waals surface area (Å²) in [6.45, 7) is 8.52. The molecule has 0 radical (unpaired) electrons. The standard InChI is InChI=1S/C58H112NO12P/c1-8-12-16-20-24-32-40-52(41-33-25-21-17-13-9-2)69-56(61)45-37-29-28-36-44-55(60)66-50-54(51-68-72(64,65)67-49-48-59(5,6)7)71-58(63)47-39-31-30-38-46-57(62)70-53(42-34-26-22-18-14-10-3)43-35-27-23-19-15-11-4/h52-54H,8-51H2,1-7H3/p+1/t54-/m1/s1. The Kier molecular flexibility index (Phi) is 47.2. The molecule has 0 bridgehead atoms. The van der Waals surface area contributed by atoms with Crippen LogP contribution in [0.25, 0.3) is 0 Å². The van der Waals surface area contributed by atoms with E-state index in [1.807, 2.05) is 21.1 Å².